The highest BCUT2D eigenvalue weighted by atomic mass is 32.2. The number of benzene rings is 1. The minimum Gasteiger partial charge on any atom is -0.469 e. The fraction of sp³-hybridized carbons (Fsp3) is 0.462. The molecule has 1 unspecified atom stereocenters. The monoisotopic (exact) mass is 485 g/mol. The fourth-order valence-corrected chi connectivity index (χ4v) is 5.39. The Balaban J connectivity index is 1.65. The van der Waals surface area contributed by atoms with E-state index in [2.05, 4.69) is 29.6 Å². The minimum atomic E-state index is -0.381. The molecule has 0 fully saturated rings. The molecular weight excluding hydrogens is 454 g/mol. The third-order valence-electron chi connectivity index (χ3n) is 5.72. The molecule has 0 saturated carbocycles. The van der Waals surface area contributed by atoms with Gasteiger partial charge in [0.1, 0.15) is 0 Å². The molecule has 1 aliphatic rings. The van der Waals surface area contributed by atoms with Crippen LogP contribution in [0.3, 0.4) is 0 Å². The lowest BCUT2D eigenvalue weighted by Gasteiger charge is -2.36. The molecule has 1 aromatic carbocycles. The van der Waals surface area contributed by atoms with Crippen molar-refractivity contribution in [2.45, 2.75) is 68.6 Å². The molecular formula is C26H31NO6S. The molecule has 1 aliphatic heterocycles. The third kappa shape index (κ3) is 6.59. The Morgan fingerprint density at radius 3 is 2.47 bits per heavy atom. The van der Waals surface area contributed by atoms with E-state index in [1.165, 1.54) is 18.9 Å². The lowest BCUT2D eigenvalue weighted by Crippen LogP contribution is -2.31. The Morgan fingerprint density at radius 2 is 1.82 bits per heavy atom. The summed E-state index contributed by atoms with van der Waals surface area (Å²) in [5.74, 6) is -0.892. The van der Waals surface area contributed by atoms with Crippen LogP contribution < -0.4 is 0 Å². The van der Waals surface area contributed by atoms with Crippen LogP contribution in [0.15, 0.2) is 41.4 Å². The Labute approximate surface area is 204 Å². The van der Waals surface area contributed by atoms with Gasteiger partial charge >= 0.3 is 17.9 Å². The second-order valence-electron chi connectivity index (χ2n) is 8.77. The van der Waals surface area contributed by atoms with Crippen molar-refractivity contribution in [1.82, 2.24) is 4.98 Å². The zero-order valence-electron chi connectivity index (χ0n) is 20.1. The lowest BCUT2D eigenvalue weighted by atomic mass is 9.80. The maximum absolute atomic E-state index is 12.3. The molecule has 0 amide bonds. The van der Waals surface area contributed by atoms with Gasteiger partial charge in [0.2, 0.25) is 0 Å². The Bertz CT molecular complexity index is 1030. The summed E-state index contributed by atoms with van der Waals surface area (Å²) in [6.07, 6.45) is 4.02. The highest BCUT2D eigenvalue weighted by Crippen LogP contribution is 2.47. The summed E-state index contributed by atoms with van der Waals surface area (Å²) in [7, 11) is 1.36. The van der Waals surface area contributed by atoms with E-state index in [0.29, 0.717) is 37.9 Å². The molecule has 0 saturated heterocycles. The molecule has 7 nitrogen and oxygen atoms in total. The van der Waals surface area contributed by atoms with Gasteiger partial charge in [-0.3, -0.25) is 14.6 Å². The molecule has 1 aromatic heterocycles. The van der Waals surface area contributed by atoms with Crippen LogP contribution in [0.4, 0.5) is 0 Å². The normalized spacial score (nSPS) is 16.3. The average Bonchev–Trinajstić information content (AvgIpc) is 2.81. The summed E-state index contributed by atoms with van der Waals surface area (Å²) in [5.41, 5.74) is 2.88. The molecule has 2 aromatic rings. The van der Waals surface area contributed by atoms with Gasteiger partial charge in [-0.25, -0.2) is 4.79 Å². The van der Waals surface area contributed by atoms with E-state index >= 15 is 0 Å². The van der Waals surface area contributed by atoms with Crippen LogP contribution in [-0.4, -0.2) is 42.0 Å². The van der Waals surface area contributed by atoms with Gasteiger partial charge < -0.3 is 14.2 Å². The van der Waals surface area contributed by atoms with E-state index in [1.54, 1.807) is 24.8 Å². The molecule has 3 rings (SSSR count). The summed E-state index contributed by atoms with van der Waals surface area (Å²) >= 11 is 1.55. The summed E-state index contributed by atoms with van der Waals surface area (Å²) in [5, 5.41) is 0. The molecule has 0 bridgehead atoms. The van der Waals surface area contributed by atoms with Crippen LogP contribution in [-0.2, 0) is 29.2 Å². The zero-order chi connectivity index (χ0) is 24.7. The minimum absolute atomic E-state index is 0.197. The Morgan fingerprint density at radius 1 is 1.09 bits per heavy atom. The second-order valence-corrected chi connectivity index (χ2v) is 9.97. The predicted octanol–water partition coefficient (Wildman–Crippen LogP) is 5.30. The number of nitrogens with zero attached hydrogens (tertiary/aromatic N) is 1. The molecule has 0 N–H and O–H groups in total. The Kier molecular flexibility index (Phi) is 8.72. The van der Waals surface area contributed by atoms with E-state index in [-0.39, 0.29) is 35.2 Å². The first-order valence-electron chi connectivity index (χ1n) is 11.4. The number of esters is 3. The van der Waals surface area contributed by atoms with Crippen molar-refractivity contribution in [2.24, 2.45) is 0 Å². The van der Waals surface area contributed by atoms with Gasteiger partial charge in [0.15, 0.2) is 5.44 Å². The van der Waals surface area contributed by atoms with E-state index in [4.69, 9.17) is 9.47 Å². The highest BCUT2D eigenvalue weighted by Gasteiger charge is 2.35. The van der Waals surface area contributed by atoms with Crippen molar-refractivity contribution in [2.75, 3.05) is 13.7 Å². The molecule has 0 radical (unpaired) electrons. The van der Waals surface area contributed by atoms with Crippen LogP contribution in [0.25, 0.3) is 11.3 Å². The van der Waals surface area contributed by atoms with E-state index in [9.17, 15) is 14.4 Å². The lowest BCUT2D eigenvalue weighted by molar-refractivity contribution is -0.146. The number of methoxy groups -OCH3 is 1. The number of carbonyl (C=O) groups excluding carboxylic acids is 3. The van der Waals surface area contributed by atoms with Crippen LogP contribution in [0, 0.1) is 0 Å². The molecule has 182 valence electrons. The maximum atomic E-state index is 12.3. The van der Waals surface area contributed by atoms with Crippen molar-refractivity contribution in [3.05, 3.63) is 47.7 Å². The number of thioether (sulfide) groups is 1. The molecule has 2 heterocycles. The van der Waals surface area contributed by atoms with Crippen LogP contribution in [0.5, 0.6) is 0 Å². The van der Waals surface area contributed by atoms with Gasteiger partial charge in [0.05, 0.1) is 25.0 Å². The van der Waals surface area contributed by atoms with Gasteiger partial charge in [-0.05, 0) is 55.0 Å². The molecule has 1 atom stereocenters. The SMILES string of the molecule is CCOC(=O)c1ccc(-c2ccc3c(c2)C(C)(C)CC(OC(=O)CCCCC(=O)OC)S3)nc1. The quantitative estimate of drug-likeness (QED) is 0.268. The van der Waals surface area contributed by atoms with Crippen molar-refractivity contribution < 1.29 is 28.6 Å². The number of fused-ring (bicyclic) bond motifs is 1. The van der Waals surface area contributed by atoms with Gasteiger partial charge in [-0.2, -0.15) is 0 Å². The van der Waals surface area contributed by atoms with E-state index in [1.807, 2.05) is 18.2 Å². The number of hydrogen-bond donors (Lipinski definition) is 0. The second kappa shape index (κ2) is 11.5. The van der Waals surface area contributed by atoms with Gasteiger partial charge in [0.25, 0.3) is 0 Å². The number of carbonyl (C=O) groups is 3. The van der Waals surface area contributed by atoms with Crippen LogP contribution in [0.2, 0.25) is 0 Å². The fourth-order valence-electron chi connectivity index (χ4n) is 3.84. The topological polar surface area (TPSA) is 91.8 Å². The van der Waals surface area contributed by atoms with Crippen molar-refractivity contribution in [3.63, 3.8) is 0 Å². The molecule has 0 spiro atoms. The van der Waals surface area contributed by atoms with E-state index < -0.39 is 0 Å². The van der Waals surface area contributed by atoms with Crippen molar-refractivity contribution in [3.8, 4) is 11.3 Å². The van der Waals surface area contributed by atoms with Crippen LogP contribution in [0.1, 0.15) is 68.8 Å². The number of aromatic nitrogens is 1. The Hall–Kier alpha value is -2.87. The number of unbranched alkanes of at least 4 members (excludes halogenated alkanes) is 1. The van der Waals surface area contributed by atoms with Gasteiger partial charge in [-0.15, -0.1) is 0 Å². The smallest absolute Gasteiger partial charge is 0.339 e. The first-order chi connectivity index (χ1) is 16.2. The summed E-state index contributed by atoms with van der Waals surface area (Å²) in [6, 6.07) is 9.70. The average molecular weight is 486 g/mol. The molecule has 0 aliphatic carbocycles. The van der Waals surface area contributed by atoms with Crippen LogP contribution >= 0.6 is 11.8 Å². The summed E-state index contributed by atoms with van der Waals surface area (Å²) < 4.78 is 15.4. The predicted molar refractivity (Wildman–Crippen MR) is 129 cm³/mol. The third-order valence-corrected chi connectivity index (χ3v) is 6.85. The largest absolute Gasteiger partial charge is 0.469 e. The number of pyridine rings is 1. The van der Waals surface area contributed by atoms with Gasteiger partial charge in [-0.1, -0.05) is 31.7 Å². The molecule has 8 heteroatoms. The molecule has 34 heavy (non-hydrogen) atoms. The van der Waals surface area contributed by atoms with Gasteiger partial charge in [0, 0.05) is 35.9 Å². The highest BCUT2D eigenvalue weighted by molar-refractivity contribution is 7.99. The first-order valence-corrected chi connectivity index (χ1v) is 12.3. The summed E-state index contributed by atoms with van der Waals surface area (Å²) in [4.78, 5) is 40.9. The van der Waals surface area contributed by atoms with Crippen molar-refractivity contribution in [1.29, 1.82) is 0 Å². The first kappa shape index (κ1) is 25.7. The van der Waals surface area contributed by atoms with E-state index in [0.717, 1.165) is 16.2 Å². The van der Waals surface area contributed by atoms with Crippen molar-refractivity contribution >= 4 is 29.7 Å². The zero-order valence-corrected chi connectivity index (χ0v) is 20.9. The number of hydrogen-bond acceptors (Lipinski definition) is 8. The summed E-state index contributed by atoms with van der Waals surface area (Å²) in [6.45, 7) is 6.38. The standard InChI is InChI=1S/C26H31NO6S/c1-5-32-25(30)18-10-12-20(27-16-18)17-11-13-21-19(14-17)26(2,3)15-24(34-21)33-23(29)9-7-6-8-22(28)31-4/h10-14,16,24H,5-9,15H2,1-4H3. The maximum Gasteiger partial charge on any atom is 0.339 e. The number of ether oxygens (including phenoxy) is 3. The number of rotatable bonds is 9.